The van der Waals surface area contributed by atoms with Crippen LogP contribution in [-0.4, -0.2) is 95.1 Å². The highest BCUT2D eigenvalue weighted by Gasteiger charge is 2.26. The van der Waals surface area contributed by atoms with E-state index in [2.05, 4.69) is 65.4 Å². The van der Waals surface area contributed by atoms with Gasteiger partial charge in [-0.2, -0.15) is 0 Å². The minimum absolute atomic E-state index is 0.0943. The summed E-state index contributed by atoms with van der Waals surface area (Å²) >= 11 is 3.51. The molecule has 4 aliphatic heterocycles. The number of thiazole rings is 2. The normalized spacial score (nSPS) is 19.3. The molecule has 2 unspecified atom stereocenters. The fourth-order valence-corrected chi connectivity index (χ4v) is 10.7. The number of rotatable bonds is 13. The van der Waals surface area contributed by atoms with Crippen LogP contribution in [0.4, 0.5) is 0 Å². The zero-order valence-electron chi connectivity index (χ0n) is 34.2. The predicted molar refractivity (Wildman–Crippen MR) is 236 cm³/mol. The van der Waals surface area contributed by atoms with Gasteiger partial charge >= 0.3 is 0 Å². The van der Waals surface area contributed by atoms with Gasteiger partial charge in [0.25, 0.3) is 5.91 Å². The zero-order chi connectivity index (χ0) is 39.7. The number of nitrogens with one attached hydrogen (secondary N) is 1. The van der Waals surface area contributed by atoms with Crippen molar-refractivity contribution in [1.29, 1.82) is 0 Å². The van der Waals surface area contributed by atoms with Crippen molar-refractivity contribution in [2.24, 2.45) is 0 Å². The van der Waals surface area contributed by atoms with Crippen LogP contribution in [0.15, 0.2) is 78.9 Å². The predicted octanol–water partition coefficient (Wildman–Crippen LogP) is 8.97. The third-order valence-electron chi connectivity index (χ3n) is 11.9. The van der Waals surface area contributed by atoms with Gasteiger partial charge in [0.05, 0.1) is 31.1 Å². The lowest BCUT2D eigenvalue weighted by molar-refractivity contribution is 0.0736. The maximum atomic E-state index is 12.8. The smallest absolute Gasteiger partial charge is 0.254 e. The number of fused-ring (bicyclic) bond motifs is 2. The first-order chi connectivity index (χ1) is 28.5. The Balaban J connectivity index is 0.000000168. The molecule has 5 aromatic rings. The van der Waals surface area contributed by atoms with E-state index in [4.69, 9.17) is 19.4 Å². The molecule has 6 heterocycles. The lowest BCUT2D eigenvalue weighted by Gasteiger charge is -2.26. The molecule has 2 saturated heterocycles. The first kappa shape index (κ1) is 40.6. The van der Waals surface area contributed by atoms with E-state index in [0.29, 0.717) is 13.1 Å². The van der Waals surface area contributed by atoms with E-state index in [9.17, 15) is 4.79 Å². The van der Waals surface area contributed by atoms with Gasteiger partial charge in [-0.25, -0.2) is 9.97 Å². The maximum Gasteiger partial charge on any atom is 0.254 e. The Labute approximate surface area is 352 Å². The lowest BCUT2D eigenvalue weighted by Crippen LogP contribution is -2.35. The highest BCUT2D eigenvalue weighted by atomic mass is 32.1. The summed E-state index contributed by atoms with van der Waals surface area (Å²) in [6.45, 7) is 14.3. The van der Waals surface area contributed by atoms with Crippen molar-refractivity contribution in [1.82, 2.24) is 30.0 Å². The fraction of sp³-hybridized carbons (Fsp3) is 0.468. The van der Waals surface area contributed by atoms with Gasteiger partial charge in [0.15, 0.2) is 0 Å². The highest BCUT2D eigenvalue weighted by molar-refractivity contribution is 7.15. The van der Waals surface area contributed by atoms with E-state index < -0.39 is 0 Å². The van der Waals surface area contributed by atoms with Crippen LogP contribution in [0.2, 0.25) is 0 Å². The van der Waals surface area contributed by atoms with Crippen molar-refractivity contribution in [3.8, 4) is 32.6 Å². The number of amides is 1. The molecule has 1 N–H and O–H groups in total. The number of carbonyl (C=O) groups is 1. The summed E-state index contributed by atoms with van der Waals surface area (Å²) in [6, 6.07) is 27.7. The molecule has 2 aromatic heterocycles. The number of hydrogen-bond donors (Lipinski definition) is 1. The standard InChI is InChI=1S/C27H31N3O2S.C20H27N3OS/c1-20-7-5-15-29(20)16-6-18-32-23-12-10-21(11-13-23)26-28-24-14-17-30(19-25(24)33-26)27(31)22-8-3-2-4-9-22;1-15-4-2-11-23(15)12-3-13-24-17-7-5-16(6-8-17)20-22-18-9-10-21-14-19(18)25-20/h2-4,8-13,20H,5-7,14-19H2,1H3;5-8,15,21H,2-4,9-14H2,1H3. The summed E-state index contributed by atoms with van der Waals surface area (Å²) in [5.74, 6) is 1.97. The molecule has 9 rings (SSSR count). The Bertz CT molecular complexity index is 2040. The molecule has 2 fully saturated rings. The third kappa shape index (κ3) is 10.4. The molecule has 1 amide bonds. The highest BCUT2D eigenvalue weighted by Crippen LogP contribution is 2.34. The van der Waals surface area contributed by atoms with Gasteiger partial charge in [0.2, 0.25) is 0 Å². The Hall–Kier alpha value is -4.13. The monoisotopic (exact) mass is 818 g/mol. The first-order valence-electron chi connectivity index (χ1n) is 21.4. The molecule has 0 saturated carbocycles. The minimum atomic E-state index is 0.0943. The largest absolute Gasteiger partial charge is 0.494 e. The van der Waals surface area contributed by atoms with Gasteiger partial charge < -0.3 is 29.5 Å². The van der Waals surface area contributed by atoms with E-state index in [1.807, 2.05) is 58.7 Å². The summed E-state index contributed by atoms with van der Waals surface area (Å²) in [5, 5.41) is 5.56. The van der Waals surface area contributed by atoms with E-state index in [0.717, 1.165) is 115 Å². The van der Waals surface area contributed by atoms with Crippen LogP contribution in [0.5, 0.6) is 11.5 Å². The molecule has 11 heteroatoms. The van der Waals surface area contributed by atoms with Crippen LogP contribution in [0.3, 0.4) is 0 Å². The van der Waals surface area contributed by atoms with E-state index in [-0.39, 0.29) is 5.91 Å². The Morgan fingerprint density at radius 1 is 0.707 bits per heavy atom. The Kier molecular flexibility index (Phi) is 13.8. The molecule has 4 aliphatic rings. The molecule has 306 valence electrons. The Morgan fingerprint density at radius 2 is 1.26 bits per heavy atom. The Morgan fingerprint density at radius 3 is 1.79 bits per heavy atom. The van der Waals surface area contributed by atoms with Gasteiger partial charge in [-0.05, 0) is 126 Å². The third-order valence-corrected chi connectivity index (χ3v) is 14.2. The van der Waals surface area contributed by atoms with Gasteiger partial charge in [0, 0.05) is 84.1 Å². The van der Waals surface area contributed by atoms with E-state index in [1.54, 1.807) is 11.3 Å². The molecule has 9 nitrogen and oxygen atoms in total. The molecule has 0 spiro atoms. The number of likely N-dealkylation sites (tertiary alicyclic amines) is 2. The number of aromatic nitrogens is 2. The van der Waals surface area contributed by atoms with Crippen LogP contribution in [0, 0.1) is 0 Å². The topological polar surface area (TPSA) is 83.1 Å². The molecule has 0 radical (unpaired) electrons. The van der Waals surface area contributed by atoms with Crippen LogP contribution >= 0.6 is 22.7 Å². The first-order valence-corrected chi connectivity index (χ1v) is 23.1. The van der Waals surface area contributed by atoms with Crippen molar-refractivity contribution in [2.75, 3.05) is 52.5 Å². The number of ether oxygens (including phenoxy) is 2. The second-order valence-electron chi connectivity index (χ2n) is 16.1. The van der Waals surface area contributed by atoms with Crippen LogP contribution in [-0.2, 0) is 25.9 Å². The average molecular weight is 819 g/mol. The second kappa shape index (κ2) is 19.7. The summed E-state index contributed by atoms with van der Waals surface area (Å²) in [4.78, 5) is 32.1. The summed E-state index contributed by atoms with van der Waals surface area (Å²) in [5.41, 5.74) is 5.45. The van der Waals surface area contributed by atoms with Gasteiger partial charge in [0.1, 0.15) is 21.5 Å². The van der Waals surface area contributed by atoms with Crippen LogP contribution in [0.1, 0.15) is 83.9 Å². The van der Waals surface area contributed by atoms with Gasteiger partial charge in [-0.3, -0.25) is 4.79 Å². The fourth-order valence-electron chi connectivity index (χ4n) is 8.46. The van der Waals surface area contributed by atoms with Crippen molar-refractivity contribution < 1.29 is 14.3 Å². The SMILES string of the molecule is CC1CCCN1CCCOc1ccc(-c2nc3c(s2)CN(C(=O)c2ccccc2)CC3)cc1.CC1CCCN1CCCOc1ccc(-c2nc3c(s2)CNCC3)cc1. The molecular formula is C47H58N6O3S2. The molecule has 0 bridgehead atoms. The number of carbonyl (C=O) groups excluding carboxylic acids is 1. The second-order valence-corrected chi connectivity index (χ2v) is 18.2. The lowest BCUT2D eigenvalue weighted by atomic mass is 10.1. The summed E-state index contributed by atoms with van der Waals surface area (Å²) < 4.78 is 11.9. The molecule has 3 aromatic carbocycles. The number of benzene rings is 3. The summed E-state index contributed by atoms with van der Waals surface area (Å²) in [7, 11) is 0. The van der Waals surface area contributed by atoms with E-state index in [1.165, 1.54) is 59.8 Å². The zero-order valence-corrected chi connectivity index (χ0v) is 35.8. The van der Waals surface area contributed by atoms with Crippen LogP contribution < -0.4 is 14.8 Å². The molecule has 58 heavy (non-hydrogen) atoms. The summed E-state index contributed by atoms with van der Waals surface area (Å²) in [6.07, 6.45) is 9.35. The number of hydrogen-bond acceptors (Lipinski definition) is 10. The van der Waals surface area contributed by atoms with Crippen molar-refractivity contribution in [2.45, 2.75) is 90.4 Å². The van der Waals surface area contributed by atoms with Gasteiger partial charge in [-0.15, -0.1) is 22.7 Å². The molecular weight excluding hydrogens is 761 g/mol. The quantitative estimate of drug-likeness (QED) is 0.118. The molecule has 0 aliphatic carbocycles. The van der Waals surface area contributed by atoms with Crippen molar-refractivity contribution >= 4 is 28.6 Å². The van der Waals surface area contributed by atoms with E-state index >= 15 is 0 Å². The maximum absolute atomic E-state index is 12.8. The molecule has 2 atom stereocenters. The minimum Gasteiger partial charge on any atom is -0.494 e. The van der Waals surface area contributed by atoms with Crippen molar-refractivity contribution in [3.63, 3.8) is 0 Å². The van der Waals surface area contributed by atoms with Crippen molar-refractivity contribution in [3.05, 3.63) is 106 Å². The van der Waals surface area contributed by atoms with Crippen LogP contribution in [0.25, 0.3) is 21.1 Å². The number of nitrogens with zero attached hydrogens (tertiary/aromatic N) is 5. The average Bonchev–Trinajstić information content (AvgIpc) is 4.09. The van der Waals surface area contributed by atoms with Gasteiger partial charge in [-0.1, -0.05) is 18.2 Å².